The molecule has 3 heteroatoms. The number of hydrogen-bond donors (Lipinski definition) is 1. The van der Waals surface area contributed by atoms with E-state index < -0.39 is 0 Å². The van der Waals surface area contributed by atoms with E-state index >= 15 is 0 Å². The molecule has 0 radical (unpaired) electrons. The third-order valence-electron chi connectivity index (χ3n) is 0.735. The first kappa shape index (κ1) is 11.9. The van der Waals surface area contributed by atoms with Crippen molar-refractivity contribution in [1.82, 2.24) is 5.32 Å². The molecule has 0 aliphatic carbocycles. The molecular formula is C6H12NNaO. The summed E-state index contributed by atoms with van der Waals surface area (Å²) in [5, 5.41) is 2.62. The van der Waals surface area contributed by atoms with Gasteiger partial charge in [-0.2, -0.15) is 0 Å². The molecule has 0 spiro atoms. The molecule has 1 N–H and O–H groups in total. The fourth-order valence-electron chi connectivity index (χ4n) is 0.320. The predicted molar refractivity (Wildman–Crippen MR) is 34.6 cm³/mol. The van der Waals surface area contributed by atoms with Gasteiger partial charge in [-0.1, -0.05) is 13.5 Å². The van der Waals surface area contributed by atoms with Crippen molar-refractivity contribution in [1.29, 1.82) is 0 Å². The Morgan fingerprint density at radius 2 is 2.44 bits per heavy atom. The Hall–Kier alpha value is 0.210. The van der Waals surface area contributed by atoms with Crippen LogP contribution in [0.15, 0.2) is 12.7 Å². The van der Waals surface area contributed by atoms with Crippen LogP contribution in [0.5, 0.6) is 0 Å². The molecule has 0 aliphatic heterocycles. The van der Waals surface area contributed by atoms with E-state index in [4.69, 9.17) is 0 Å². The first-order chi connectivity index (χ1) is 3.81. The maximum absolute atomic E-state index is 10.3. The van der Waals surface area contributed by atoms with Gasteiger partial charge in [0.1, 0.15) is 0 Å². The number of carbonyl (C=O) groups is 1. The average Bonchev–Trinajstić information content (AvgIpc) is 1.83. The fourth-order valence-corrected chi connectivity index (χ4v) is 0.320. The zero-order chi connectivity index (χ0) is 6.41. The molecule has 0 aromatic heterocycles. The summed E-state index contributed by atoms with van der Waals surface area (Å²) in [4.78, 5) is 10.3. The van der Waals surface area contributed by atoms with E-state index in [1.54, 1.807) is 0 Å². The molecule has 0 fully saturated rings. The molecule has 0 heterocycles. The van der Waals surface area contributed by atoms with Crippen LogP contribution in [0.1, 0.15) is 14.8 Å². The summed E-state index contributed by atoms with van der Waals surface area (Å²) in [6.07, 6.45) is 2.25. The van der Waals surface area contributed by atoms with Crippen LogP contribution in [0.25, 0.3) is 0 Å². The van der Waals surface area contributed by atoms with Gasteiger partial charge in [0.2, 0.25) is 5.91 Å². The van der Waals surface area contributed by atoms with Crippen LogP contribution in [0.4, 0.5) is 0 Å². The van der Waals surface area contributed by atoms with Crippen LogP contribution in [-0.2, 0) is 4.79 Å². The Kier molecular flexibility index (Phi) is 10.9. The van der Waals surface area contributed by atoms with Crippen molar-refractivity contribution in [2.24, 2.45) is 0 Å². The van der Waals surface area contributed by atoms with Crippen molar-refractivity contribution in [2.45, 2.75) is 13.3 Å². The van der Waals surface area contributed by atoms with Crippen molar-refractivity contribution < 1.29 is 35.8 Å². The van der Waals surface area contributed by atoms with Crippen LogP contribution in [0.2, 0.25) is 0 Å². The second-order valence-electron chi connectivity index (χ2n) is 1.50. The average molecular weight is 137 g/mol. The summed E-state index contributed by atoms with van der Waals surface area (Å²) in [5.41, 5.74) is 0. The Balaban J connectivity index is -0.000000245. The van der Waals surface area contributed by atoms with Crippen molar-refractivity contribution in [3.63, 3.8) is 0 Å². The van der Waals surface area contributed by atoms with Gasteiger partial charge in [-0.05, 0) is 12.5 Å². The smallest absolute Gasteiger partial charge is 1.00 e. The first-order valence-electron chi connectivity index (χ1n) is 2.71. The van der Waals surface area contributed by atoms with Crippen molar-refractivity contribution in [3.05, 3.63) is 12.7 Å². The number of nitrogens with one attached hydrogen (secondary N) is 1. The summed E-state index contributed by atoms with van der Waals surface area (Å²) in [7, 11) is 0. The van der Waals surface area contributed by atoms with Gasteiger partial charge in [0, 0.05) is 6.54 Å². The molecule has 0 atom stereocenters. The molecule has 0 aromatic rings. The number of amides is 1. The van der Waals surface area contributed by atoms with E-state index in [1.165, 1.54) is 6.08 Å². The fraction of sp³-hybridized carbons (Fsp3) is 0.500. The van der Waals surface area contributed by atoms with Gasteiger partial charge in [-0.3, -0.25) is 4.79 Å². The molecule has 1 amide bonds. The van der Waals surface area contributed by atoms with E-state index in [-0.39, 0.29) is 36.9 Å². The Labute approximate surface area is 79.5 Å². The third-order valence-corrected chi connectivity index (χ3v) is 0.735. The first-order valence-corrected chi connectivity index (χ1v) is 2.71. The topological polar surface area (TPSA) is 29.1 Å². The van der Waals surface area contributed by atoms with Gasteiger partial charge in [0.05, 0.1) is 0 Å². The third kappa shape index (κ3) is 8.21. The van der Waals surface area contributed by atoms with E-state index in [2.05, 4.69) is 11.9 Å². The monoisotopic (exact) mass is 137 g/mol. The van der Waals surface area contributed by atoms with Crippen molar-refractivity contribution >= 4 is 5.91 Å². The van der Waals surface area contributed by atoms with Gasteiger partial charge < -0.3 is 6.74 Å². The molecular weight excluding hydrogens is 125 g/mol. The van der Waals surface area contributed by atoms with E-state index in [9.17, 15) is 4.79 Å². The summed E-state index contributed by atoms with van der Waals surface area (Å²) >= 11 is 0. The van der Waals surface area contributed by atoms with Gasteiger partial charge in [-0.25, -0.2) is 0 Å². The molecule has 0 aliphatic rings. The second kappa shape index (κ2) is 8.21. The Bertz CT molecular complexity index is 97.7. The summed E-state index contributed by atoms with van der Waals surface area (Å²) in [6.45, 7) is 6.05. The van der Waals surface area contributed by atoms with Gasteiger partial charge in [0.25, 0.3) is 0 Å². The summed E-state index contributed by atoms with van der Waals surface area (Å²) in [6, 6.07) is 0. The maximum atomic E-state index is 10.3. The van der Waals surface area contributed by atoms with Crippen LogP contribution >= 0.6 is 0 Å². The predicted octanol–water partition coefficient (Wildman–Crippen LogP) is -2.18. The molecule has 0 saturated heterocycles. The Morgan fingerprint density at radius 1 is 1.89 bits per heavy atom. The van der Waals surface area contributed by atoms with Gasteiger partial charge in [0.15, 0.2) is 0 Å². The van der Waals surface area contributed by atoms with E-state index in [1.807, 2.05) is 6.92 Å². The van der Waals surface area contributed by atoms with Gasteiger partial charge in [-0.15, -0.1) is 0 Å². The second-order valence-corrected chi connectivity index (χ2v) is 1.50. The van der Waals surface area contributed by atoms with Crippen molar-refractivity contribution in [2.75, 3.05) is 6.54 Å². The number of hydrogen-bond acceptors (Lipinski definition) is 1. The Morgan fingerprint density at radius 3 is 2.78 bits per heavy atom. The van der Waals surface area contributed by atoms with Crippen molar-refractivity contribution in [3.8, 4) is 0 Å². The molecule has 48 valence electrons. The molecule has 0 aromatic carbocycles. The zero-order valence-electron chi connectivity index (χ0n) is 7.11. The molecule has 0 saturated carbocycles. The zero-order valence-corrected chi connectivity index (χ0v) is 8.11. The standard InChI is InChI=1S/C6H11NO.Na.H/c1-3-5-7-6(8)4-2;;/h4H,2-3,5H2,1H3,(H,7,8);;/q;+1;-1. The summed E-state index contributed by atoms with van der Waals surface area (Å²) < 4.78 is 0. The summed E-state index contributed by atoms with van der Waals surface area (Å²) in [5.74, 6) is -0.0909. The van der Waals surface area contributed by atoms with Crippen LogP contribution in [0, 0.1) is 0 Å². The number of carbonyl (C=O) groups excluding carboxylic acids is 1. The minimum absolute atomic E-state index is 0. The molecule has 2 nitrogen and oxygen atoms in total. The molecule has 0 bridgehead atoms. The molecule has 0 rings (SSSR count). The normalized spacial score (nSPS) is 7.22. The minimum Gasteiger partial charge on any atom is -1.00 e. The van der Waals surface area contributed by atoms with E-state index in [0.29, 0.717) is 0 Å². The quantitative estimate of drug-likeness (QED) is 0.347. The van der Waals surface area contributed by atoms with Gasteiger partial charge >= 0.3 is 29.6 Å². The van der Waals surface area contributed by atoms with Crippen LogP contribution in [0.3, 0.4) is 0 Å². The van der Waals surface area contributed by atoms with Crippen LogP contribution in [-0.4, -0.2) is 12.5 Å². The molecule has 0 unspecified atom stereocenters. The number of rotatable bonds is 3. The maximum Gasteiger partial charge on any atom is 1.00 e. The molecule has 9 heavy (non-hydrogen) atoms. The van der Waals surface area contributed by atoms with E-state index in [0.717, 1.165) is 13.0 Å². The van der Waals surface area contributed by atoms with Crippen LogP contribution < -0.4 is 34.9 Å². The largest absolute Gasteiger partial charge is 1.00 e. The SMILES string of the molecule is C=CC(=O)NCCC.[H-].[Na+]. The minimum atomic E-state index is -0.0909.